The van der Waals surface area contributed by atoms with Gasteiger partial charge in [-0.3, -0.25) is 9.89 Å². The van der Waals surface area contributed by atoms with Crippen LogP contribution in [0.25, 0.3) is 0 Å². The van der Waals surface area contributed by atoms with Crippen molar-refractivity contribution in [3.8, 4) is 0 Å². The van der Waals surface area contributed by atoms with E-state index in [-0.39, 0.29) is 0 Å². The lowest BCUT2D eigenvalue weighted by Gasteiger charge is -2.27. The zero-order chi connectivity index (χ0) is 15.6. The summed E-state index contributed by atoms with van der Waals surface area (Å²) >= 11 is 1.78. The summed E-state index contributed by atoms with van der Waals surface area (Å²) < 4.78 is 0. The third-order valence-corrected chi connectivity index (χ3v) is 5.32. The summed E-state index contributed by atoms with van der Waals surface area (Å²) in [6.45, 7) is 5.91. The van der Waals surface area contributed by atoms with E-state index >= 15 is 0 Å². The Morgan fingerprint density at radius 1 is 1.17 bits per heavy atom. The van der Waals surface area contributed by atoms with Gasteiger partial charge in [0.25, 0.3) is 0 Å². The number of aryl methyl sites for hydroxylation is 1. The van der Waals surface area contributed by atoms with Crippen molar-refractivity contribution in [3.63, 3.8) is 0 Å². The van der Waals surface area contributed by atoms with Crippen LogP contribution in [-0.4, -0.2) is 38.7 Å². The lowest BCUT2D eigenvalue weighted by Crippen LogP contribution is -2.31. The number of thiazole rings is 1. The van der Waals surface area contributed by atoms with Crippen molar-refractivity contribution in [2.75, 3.05) is 13.1 Å². The van der Waals surface area contributed by atoms with Gasteiger partial charge in [0.15, 0.2) is 5.82 Å². The van der Waals surface area contributed by atoms with Crippen molar-refractivity contribution >= 4 is 17.0 Å². The second-order valence-corrected chi connectivity index (χ2v) is 7.60. The van der Waals surface area contributed by atoms with Gasteiger partial charge in [-0.15, -0.1) is 11.3 Å². The molecule has 4 rings (SSSR count). The molecule has 2 aliphatic rings. The summed E-state index contributed by atoms with van der Waals surface area (Å²) in [5, 5.41) is 1.19. The number of fused-ring (bicyclic) bond motifs is 1. The maximum absolute atomic E-state index is 4.80. The highest BCUT2D eigenvalue weighted by atomic mass is 32.1. The van der Waals surface area contributed by atoms with Crippen molar-refractivity contribution in [1.29, 1.82) is 0 Å². The van der Waals surface area contributed by atoms with Crippen LogP contribution in [0.15, 0.2) is 17.4 Å². The van der Waals surface area contributed by atoms with Gasteiger partial charge in [0.1, 0.15) is 5.01 Å². The van der Waals surface area contributed by atoms with Crippen molar-refractivity contribution in [2.24, 2.45) is 4.99 Å². The second-order valence-electron chi connectivity index (χ2n) is 6.28. The van der Waals surface area contributed by atoms with E-state index in [0.717, 1.165) is 50.6 Å². The zero-order valence-electron chi connectivity index (χ0n) is 13.5. The molecule has 23 heavy (non-hydrogen) atoms. The van der Waals surface area contributed by atoms with E-state index in [0.29, 0.717) is 0 Å². The molecule has 0 saturated heterocycles. The van der Waals surface area contributed by atoms with Crippen molar-refractivity contribution in [1.82, 2.24) is 19.9 Å². The molecule has 0 amide bonds. The van der Waals surface area contributed by atoms with E-state index in [1.165, 1.54) is 34.0 Å². The Morgan fingerprint density at radius 3 is 2.91 bits per heavy atom. The molecule has 2 aromatic heterocycles. The molecule has 0 saturated carbocycles. The summed E-state index contributed by atoms with van der Waals surface area (Å²) in [5.41, 5.74) is 3.55. The first-order chi connectivity index (χ1) is 11.3. The number of nitrogens with zero attached hydrogens (tertiary/aromatic N) is 5. The van der Waals surface area contributed by atoms with Gasteiger partial charge in [-0.2, -0.15) is 0 Å². The molecule has 120 valence electrons. The summed E-state index contributed by atoms with van der Waals surface area (Å²) in [5.74, 6) is 0.854. The zero-order valence-corrected chi connectivity index (χ0v) is 14.3. The Balaban J connectivity index is 1.48. The minimum absolute atomic E-state index is 0.854. The minimum Gasteiger partial charge on any atom is -0.292 e. The van der Waals surface area contributed by atoms with Crippen LogP contribution in [0.5, 0.6) is 0 Å². The minimum atomic E-state index is 0.854. The van der Waals surface area contributed by atoms with E-state index < -0.39 is 0 Å². The van der Waals surface area contributed by atoms with Crippen LogP contribution < -0.4 is 0 Å². The predicted octanol–water partition coefficient (Wildman–Crippen LogP) is 2.77. The van der Waals surface area contributed by atoms with E-state index in [2.05, 4.69) is 26.8 Å². The maximum atomic E-state index is 4.80. The van der Waals surface area contributed by atoms with Crippen LogP contribution in [0, 0.1) is 6.92 Å². The molecule has 0 atom stereocenters. The maximum Gasteiger partial charge on any atom is 0.173 e. The first-order valence-corrected chi connectivity index (χ1v) is 9.12. The molecular formula is C17H21N5S. The lowest BCUT2D eigenvalue weighted by molar-refractivity contribution is 0.242. The summed E-state index contributed by atoms with van der Waals surface area (Å²) in [6, 6.07) is 0. The molecule has 5 nitrogen and oxygen atoms in total. The third kappa shape index (κ3) is 3.33. The van der Waals surface area contributed by atoms with Crippen molar-refractivity contribution in [3.05, 3.63) is 39.4 Å². The molecule has 0 aromatic carbocycles. The van der Waals surface area contributed by atoms with Crippen LogP contribution in [0.2, 0.25) is 0 Å². The van der Waals surface area contributed by atoms with Crippen molar-refractivity contribution in [2.45, 2.75) is 45.7 Å². The molecule has 0 N–H and O–H groups in total. The Kier molecular flexibility index (Phi) is 4.18. The highest BCUT2D eigenvalue weighted by Gasteiger charge is 2.20. The van der Waals surface area contributed by atoms with E-state index in [1.54, 1.807) is 11.3 Å². The van der Waals surface area contributed by atoms with E-state index in [1.807, 2.05) is 12.4 Å². The molecule has 0 aliphatic carbocycles. The van der Waals surface area contributed by atoms with Gasteiger partial charge in [0.05, 0.1) is 18.0 Å². The highest BCUT2D eigenvalue weighted by Crippen LogP contribution is 2.21. The topological polar surface area (TPSA) is 54.3 Å². The highest BCUT2D eigenvalue weighted by molar-refractivity contribution is 7.11. The summed E-state index contributed by atoms with van der Waals surface area (Å²) in [6.07, 6.45) is 8.38. The van der Waals surface area contributed by atoms with Crippen molar-refractivity contribution < 1.29 is 0 Å². The smallest absolute Gasteiger partial charge is 0.173 e. The lowest BCUT2D eigenvalue weighted by atomic mass is 10.1. The normalized spacial score (nSPS) is 18.6. The second kappa shape index (κ2) is 6.45. The molecule has 0 bridgehead atoms. The molecule has 0 fully saturated rings. The fourth-order valence-electron chi connectivity index (χ4n) is 3.19. The fraction of sp³-hybridized carbons (Fsp3) is 0.529. The number of aromatic nitrogens is 3. The Labute approximate surface area is 140 Å². The fourth-order valence-corrected chi connectivity index (χ4v) is 4.02. The van der Waals surface area contributed by atoms with Gasteiger partial charge in [-0.1, -0.05) is 0 Å². The van der Waals surface area contributed by atoms with Gasteiger partial charge in [-0.05, 0) is 26.2 Å². The van der Waals surface area contributed by atoms with Gasteiger partial charge in [0, 0.05) is 48.9 Å². The van der Waals surface area contributed by atoms with Crippen LogP contribution in [-0.2, 0) is 19.5 Å². The van der Waals surface area contributed by atoms with E-state index in [4.69, 9.17) is 4.98 Å². The predicted molar refractivity (Wildman–Crippen MR) is 92.0 cm³/mol. The molecule has 0 unspecified atom stereocenters. The Morgan fingerprint density at radius 2 is 2.13 bits per heavy atom. The van der Waals surface area contributed by atoms with Gasteiger partial charge < -0.3 is 0 Å². The van der Waals surface area contributed by atoms with E-state index in [9.17, 15) is 0 Å². The first-order valence-electron chi connectivity index (χ1n) is 8.30. The molecule has 4 heterocycles. The molecule has 2 aromatic rings. The molecule has 2 aliphatic heterocycles. The third-order valence-electron chi connectivity index (χ3n) is 4.42. The standard InChI is InChI=1S/C17H21N5S/c1-12-8-19-16(23-12)11-22-7-5-14-13(10-22)9-20-17(21-14)15-4-2-3-6-18-15/h8-9H,2-7,10-11H2,1H3. The molecule has 6 heteroatoms. The molecule has 0 spiro atoms. The number of hydrogen-bond donors (Lipinski definition) is 0. The number of rotatable bonds is 3. The van der Waals surface area contributed by atoms with Gasteiger partial charge in [-0.25, -0.2) is 15.0 Å². The largest absolute Gasteiger partial charge is 0.292 e. The summed E-state index contributed by atoms with van der Waals surface area (Å²) in [4.78, 5) is 22.2. The van der Waals surface area contributed by atoms with Gasteiger partial charge in [0.2, 0.25) is 0 Å². The van der Waals surface area contributed by atoms with Crippen LogP contribution in [0.1, 0.15) is 46.2 Å². The van der Waals surface area contributed by atoms with Crippen LogP contribution >= 0.6 is 11.3 Å². The Hall–Kier alpha value is -1.66. The molecule has 0 radical (unpaired) electrons. The first kappa shape index (κ1) is 14.9. The quantitative estimate of drug-likeness (QED) is 0.870. The SMILES string of the molecule is Cc1cnc(CN2CCc3nc(C4=NCCCC4)ncc3C2)s1. The van der Waals surface area contributed by atoms with Gasteiger partial charge >= 0.3 is 0 Å². The number of hydrogen-bond acceptors (Lipinski definition) is 6. The number of aliphatic imine (C=N–C) groups is 1. The average molecular weight is 327 g/mol. The monoisotopic (exact) mass is 327 g/mol. The van der Waals surface area contributed by atoms with Crippen LogP contribution in [0.4, 0.5) is 0 Å². The summed E-state index contributed by atoms with van der Waals surface area (Å²) in [7, 11) is 0. The molecular weight excluding hydrogens is 306 g/mol. The van der Waals surface area contributed by atoms with Crippen LogP contribution in [0.3, 0.4) is 0 Å². The average Bonchev–Trinajstić information content (AvgIpc) is 3.00. The Bertz CT molecular complexity index is 736.